The topological polar surface area (TPSA) is 43.1 Å². The monoisotopic (exact) mass is 291 g/mol. The fourth-order valence-corrected chi connectivity index (χ4v) is 1.65. The van der Waals surface area contributed by atoms with E-state index in [4.69, 9.17) is 0 Å². The smallest absolute Gasteiger partial charge is 0.258 e. The van der Waals surface area contributed by atoms with Crippen LogP contribution >= 0.6 is 0 Å². The molecule has 0 amide bonds. The van der Waals surface area contributed by atoms with Crippen LogP contribution in [0.5, 0.6) is 0 Å². The number of hydrogen-bond donors (Lipinski definition) is 0. The van der Waals surface area contributed by atoms with Gasteiger partial charge in [0.25, 0.3) is 5.69 Å². The molecule has 0 fully saturated rings. The average molecular weight is 291 g/mol. The molecule has 106 valence electrons. The Morgan fingerprint density at radius 3 is 2.14 bits per heavy atom. The van der Waals surface area contributed by atoms with Crippen molar-refractivity contribution in [2.75, 3.05) is 0 Å². The van der Waals surface area contributed by atoms with Gasteiger partial charge in [-0.05, 0) is 24.3 Å². The lowest BCUT2D eigenvalue weighted by Gasteiger charge is -2.07. The van der Waals surface area contributed by atoms with Gasteiger partial charge in [-0.25, -0.2) is 0 Å². The molecule has 6 heteroatoms. The third-order valence-corrected chi connectivity index (χ3v) is 2.65. The molecule has 3 nitrogen and oxygen atoms in total. The second-order valence-electron chi connectivity index (χ2n) is 4.10. The maximum Gasteiger partial charge on any atom is 0.417 e. The summed E-state index contributed by atoms with van der Waals surface area (Å²) >= 11 is 0. The first-order valence-corrected chi connectivity index (χ1v) is 5.80. The van der Waals surface area contributed by atoms with E-state index in [9.17, 15) is 23.3 Å². The molecule has 0 heterocycles. The summed E-state index contributed by atoms with van der Waals surface area (Å²) in [5, 5.41) is 10.5. The summed E-state index contributed by atoms with van der Waals surface area (Å²) in [5.41, 5.74) is -0.642. The van der Waals surface area contributed by atoms with Crippen LogP contribution in [0.4, 0.5) is 18.9 Å². The molecule has 21 heavy (non-hydrogen) atoms. The first-order valence-electron chi connectivity index (χ1n) is 5.80. The summed E-state index contributed by atoms with van der Waals surface area (Å²) in [7, 11) is 0. The molecule has 0 aliphatic heterocycles. The number of hydrogen-bond acceptors (Lipinski definition) is 2. The van der Waals surface area contributed by atoms with Gasteiger partial charge < -0.3 is 0 Å². The number of nitrogens with zero attached hydrogens (tertiary/aromatic N) is 1. The molecule has 0 unspecified atom stereocenters. The Morgan fingerprint density at radius 2 is 1.57 bits per heavy atom. The average Bonchev–Trinajstić information content (AvgIpc) is 2.45. The van der Waals surface area contributed by atoms with Crippen LogP contribution in [-0.2, 0) is 6.18 Å². The molecular formula is C15H8F3NO2. The van der Waals surface area contributed by atoms with E-state index in [1.54, 1.807) is 0 Å². The predicted molar refractivity (Wildman–Crippen MR) is 70.5 cm³/mol. The van der Waals surface area contributed by atoms with Crippen molar-refractivity contribution in [1.82, 2.24) is 0 Å². The van der Waals surface area contributed by atoms with Gasteiger partial charge >= 0.3 is 6.18 Å². The van der Waals surface area contributed by atoms with Gasteiger partial charge in [-0.15, -0.1) is 0 Å². The number of rotatable bonds is 1. The first kappa shape index (κ1) is 14.6. The van der Waals surface area contributed by atoms with E-state index in [0.717, 1.165) is 6.07 Å². The Hall–Kier alpha value is -2.81. The molecule has 0 N–H and O–H groups in total. The van der Waals surface area contributed by atoms with Crippen LogP contribution < -0.4 is 0 Å². The second-order valence-corrected chi connectivity index (χ2v) is 4.10. The third-order valence-electron chi connectivity index (χ3n) is 2.65. The standard InChI is InChI=1S/C15H8F3NO2/c16-15(17,18)14-4-2-1-3-12(14)8-5-11-6-9-13(10-7-11)19(20)21/h1-4,6-7,9-10H. The van der Waals surface area contributed by atoms with E-state index in [2.05, 4.69) is 11.8 Å². The number of alkyl halides is 3. The van der Waals surface area contributed by atoms with Crippen LogP contribution in [0.25, 0.3) is 0 Å². The molecule has 2 aromatic rings. The lowest BCUT2D eigenvalue weighted by Crippen LogP contribution is -2.07. The number of benzene rings is 2. The lowest BCUT2D eigenvalue weighted by atomic mass is 10.1. The Morgan fingerprint density at radius 1 is 0.952 bits per heavy atom. The van der Waals surface area contributed by atoms with E-state index >= 15 is 0 Å². The molecular weight excluding hydrogens is 283 g/mol. The largest absolute Gasteiger partial charge is 0.417 e. The summed E-state index contributed by atoms with van der Waals surface area (Å²) in [4.78, 5) is 9.93. The van der Waals surface area contributed by atoms with Crippen molar-refractivity contribution in [3.63, 3.8) is 0 Å². The molecule has 2 aromatic carbocycles. The Bertz CT molecular complexity index is 725. The van der Waals surface area contributed by atoms with Crippen LogP contribution in [0.2, 0.25) is 0 Å². The van der Waals surface area contributed by atoms with Crippen molar-refractivity contribution < 1.29 is 18.1 Å². The maximum atomic E-state index is 12.8. The molecule has 0 saturated heterocycles. The van der Waals surface area contributed by atoms with Crippen LogP contribution in [0.1, 0.15) is 16.7 Å². The first-order chi connectivity index (χ1) is 9.88. The van der Waals surface area contributed by atoms with Crippen molar-refractivity contribution in [3.8, 4) is 11.8 Å². The zero-order valence-corrected chi connectivity index (χ0v) is 10.5. The number of nitro groups is 1. The van der Waals surface area contributed by atoms with E-state index in [1.807, 2.05) is 0 Å². The van der Waals surface area contributed by atoms with Crippen molar-refractivity contribution >= 4 is 5.69 Å². The lowest BCUT2D eigenvalue weighted by molar-refractivity contribution is -0.384. The van der Waals surface area contributed by atoms with Gasteiger partial charge in [-0.1, -0.05) is 24.0 Å². The summed E-state index contributed by atoms with van der Waals surface area (Å²) in [6, 6.07) is 10.3. The zero-order valence-electron chi connectivity index (χ0n) is 10.5. The highest BCUT2D eigenvalue weighted by atomic mass is 19.4. The Balaban J connectivity index is 2.34. The van der Waals surface area contributed by atoms with Gasteiger partial charge in [0.2, 0.25) is 0 Å². The van der Waals surface area contributed by atoms with Crippen molar-refractivity contribution in [2.24, 2.45) is 0 Å². The number of non-ortho nitro benzene ring substituents is 1. The highest BCUT2D eigenvalue weighted by Crippen LogP contribution is 2.31. The molecule has 0 bridgehead atoms. The van der Waals surface area contributed by atoms with Gasteiger partial charge in [-0.2, -0.15) is 13.2 Å². The summed E-state index contributed by atoms with van der Waals surface area (Å²) in [5.74, 6) is 5.01. The molecule has 0 spiro atoms. The second kappa shape index (κ2) is 5.67. The number of halogens is 3. The third kappa shape index (κ3) is 3.60. The SMILES string of the molecule is O=[N+]([O-])c1ccc(C#Cc2ccccc2C(F)(F)F)cc1. The van der Waals surface area contributed by atoms with Gasteiger partial charge in [0.05, 0.1) is 10.5 Å². The minimum Gasteiger partial charge on any atom is -0.258 e. The molecule has 0 aliphatic rings. The van der Waals surface area contributed by atoms with Crippen LogP contribution in [0.3, 0.4) is 0 Å². The van der Waals surface area contributed by atoms with Crippen LogP contribution in [0, 0.1) is 22.0 Å². The minimum atomic E-state index is -4.47. The molecule has 2 rings (SSSR count). The van der Waals surface area contributed by atoms with Gasteiger partial charge in [-0.3, -0.25) is 10.1 Å². The van der Waals surface area contributed by atoms with E-state index in [0.29, 0.717) is 5.56 Å². The maximum absolute atomic E-state index is 12.8. The van der Waals surface area contributed by atoms with Crippen molar-refractivity contribution in [3.05, 3.63) is 75.3 Å². The van der Waals surface area contributed by atoms with Gasteiger partial charge in [0, 0.05) is 23.3 Å². The summed E-state index contributed by atoms with van der Waals surface area (Å²) in [6.45, 7) is 0. The van der Waals surface area contributed by atoms with Crippen molar-refractivity contribution in [1.29, 1.82) is 0 Å². The van der Waals surface area contributed by atoms with E-state index < -0.39 is 16.7 Å². The Labute approximate surface area is 118 Å². The predicted octanol–water partition coefficient (Wildman–Crippen LogP) is 4.01. The fourth-order valence-electron chi connectivity index (χ4n) is 1.65. The highest BCUT2D eigenvalue weighted by Gasteiger charge is 2.32. The molecule has 0 atom stereocenters. The van der Waals surface area contributed by atoms with Gasteiger partial charge in [0.15, 0.2) is 0 Å². The quantitative estimate of drug-likeness (QED) is 0.452. The van der Waals surface area contributed by atoms with E-state index in [-0.39, 0.29) is 11.3 Å². The van der Waals surface area contributed by atoms with Gasteiger partial charge in [0.1, 0.15) is 0 Å². The summed E-state index contributed by atoms with van der Waals surface area (Å²) < 4.78 is 38.3. The summed E-state index contributed by atoms with van der Waals surface area (Å²) in [6.07, 6.45) is -4.47. The van der Waals surface area contributed by atoms with Crippen LogP contribution in [-0.4, -0.2) is 4.92 Å². The Kier molecular flexibility index (Phi) is 3.94. The zero-order chi connectivity index (χ0) is 15.5. The van der Waals surface area contributed by atoms with Crippen LogP contribution in [0.15, 0.2) is 48.5 Å². The van der Waals surface area contributed by atoms with Crippen molar-refractivity contribution in [2.45, 2.75) is 6.18 Å². The highest BCUT2D eigenvalue weighted by molar-refractivity contribution is 5.48. The molecule has 0 radical (unpaired) electrons. The fraction of sp³-hybridized carbons (Fsp3) is 0.0667. The minimum absolute atomic E-state index is 0.101. The number of nitro benzene ring substituents is 1. The normalized spacial score (nSPS) is 10.6. The molecule has 0 saturated carbocycles. The molecule has 0 aromatic heterocycles. The molecule has 0 aliphatic carbocycles. The van der Waals surface area contributed by atoms with E-state index in [1.165, 1.54) is 42.5 Å².